The zero-order valence-electron chi connectivity index (χ0n) is 9.29. The van der Waals surface area contributed by atoms with Crippen molar-refractivity contribution in [3.8, 4) is 0 Å². The van der Waals surface area contributed by atoms with Gasteiger partial charge in [0.1, 0.15) is 0 Å². The van der Waals surface area contributed by atoms with Crippen LogP contribution in [0.5, 0.6) is 0 Å². The molecular formula is C11H24N2. The smallest absolute Gasteiger partial charge is 0.0133 e. The molecule has 0 amide bonds. The maximum Gasteiger partial charge on any atom is 0.0133 e. The van der Waals surface area contributed by atoms with Crippen LogP contribution in [0.15, 0.2) is 0 Å². The number of nitrogens with two attached hydrogens (primary N) is 1. The minimum Gasteiger partial charge on any atom is -0.330 e. The van der Waals surface area contributed by atoms with Crippen molar-refractivity contribution in [1.82, 2.24) is 4.90 Å². The Morgan fingerprint density at radius 2 is 2.08 bits per heavy atom. The maximum atomic E-state index is 5.69. The average Bonchev–Trinajstić information content (AvgIpc) is 2.00. The van der Waals surface area contributed by atoms with Gasteiger partial charge in [0, 0.05) is 6.04 Å². The molecule has 0 spiro atoms. The van der Waals surface area contributed by atoms with Crippen molar-refractivity contribution >= 4 is 0 Å². The van der Waals surface area contributed by atoms with E-state index in [1.165, 1.54) is 25.8 Å². The van der Waals surface area contributed by atoms with Crippen LogP contribution in [-0.4, -0.2) is 31.1 Å². The fourth-order valence-electron chi connectivity index (χ4n) is 2.03. The lowest BCUT2D eigenvalue weighted by atomic mass is 9.78. The first-order valence-corrected chi connectivity index (χ1v) is 5.55. The quantitative estimate of drug-likeness (QED) is 0.704. The van der Waals surface area contributed by atoms with Crippen LogP contribution >= 0.6 is 0 Å². The molecule has 0 aromatic heterocycles. The SMILES string of the molecule is CC(C)CCN(C)C1CCC1CN. The molecule has 0 radical (unpaired) electrons. The summed E-state index contributed by atoms with van der Waals surface area (Å²) in [6.45, 7) is 6.68. The summed E-state index contributed by atoms with van der Waals surface area (Å²) in [5.41, 5.74) is 5.69. The van der Waals surface area contributed by atoms with E-state index < -0.39 is 0 Å². The number of hydrogen-bond donors (Lipinski definition) is 1. The Labute approximate surface area is 82.5 Å². The first-order chi connectivity index (χ1) is 6.15. The monoisotopic (exact) mass is 184 g/mol. The standard InChI is InChI=1S/C11H24N2/c1-9(2)6-7-13(3)11-5-4-10(11)8-12/h9-11H,4-8,12H2,1-3H3. The molecule has 1 saturated carbocycles. The van der Waals surface area contributed by atoms with Gasteiger partial charge in [0.15, 0.2) is 0 Å². The third-order valence-corrected chi connectivity index (χ3v) is 3.31. The van der Waals surface area contributed by atoms with Gasteiger partial charge in [0.2, 0.25) is 0 Å². The molecule has 2 unspecified atom stereocenters. The van der Waals surface area contributed by atoms with Gasteiger partial charge in [0.05, 0.1) is 0 Å². The predicted molar refractivity (Wildman–Crippen MR) is 57.7 cm³/mol. The molecule has 0 aliphatic heterocycles. The maximum absolute atomic E-state index is 5.69. The van der Waals surface area contributed by atoms with Crippen molar-refractivity contribution < 1.29 is 0 Å². The molecule has 0 aromatic rings. The van der Waals surface area contributed by atoms with E-state index in [2.05, 4.69) is 25.8 Å². The second-order valence-electron chi connectivity index (χ2n) is 4.80. The van der Waals surface area contributed by atoms with E-state index in [0.29, 0.717) is 0 Å². The van der Waals surface area contributed by atoms with E-state index >= 15 is 0 Å². The summed E-state index contributed by atoms with van der Waals surface area (Å²) in [5.74, 6) is 1.59. The Hall–Kier alpha value is -0.0800. The van der Waals surface area contributed by atoms with Gasteiger partial charge in [-0.25, -0.2) is 0 Å². The van der Waals surface area contributed by atoms with Crippen molar-refractivity contribution in [3.05, 3.63) is 0 Å². The molecule has 1 fully saturated rings. The second kappa shape index (κ2) is 4.97. The third kappa shape index (κ3) is 2.96. The van der Waals surface area contributed by atoms with E-state index in [1.54, 1.807) is 0 Å². The summed E-state index contributed by atoms with van der Waals surface area (Å²) >= 11 is 0. The van der Waals surface area contributed by atoms with E-state index in [-0.39, 0.29) is 0 Å². The predicted octanol–water partition coefficient (Wildman–Crippen LogP) is 1.70. The van der Waals surface area contributed by atoms with Crippen LogP contribution in [0, 0.1) is 11.8 Å². The van der Waals surface area contributed by atoms with Crippen molar-refractivity contribution in [1.29, 1.82) is 0 Å². The van der Waals surface area contributed by atoms with Gasteiger partial charge in [-0.15, -0.1) is 0 Å². The molecule has 1 rings (SSSR count). The van der Waals surface area contributed by atoms with Gasteiger partial charge in [-0.2, -0.15) is 0 Å². The second-order valence-corrected chi connectivity index (χ2v) is 4.80. The van der Waals surface area contributed by atoms with Gasteiger partial charge >= 0.3 is 0 Å². The highest BCUT2D eigenvalue weighted by Crippen LogP contribution is 2.30. The molecule has 2 heteroatoms. The summed E-state index contributed by atoms with van der Waals surface area (Å²) in [4.78, 5) is 2.50. The van der Waals surface area contributed by atoms with Crippen molar-refractivity contribution in [2.75, 3.05) is 20.1 Å². The number of nitrogens with zero attached hydrogens (tertiary/aromatic N) is 1. The van der Waals surface area contributed by atoms with Gasteiger partial charge in [0.25, 0.3) is 0 Å². The Balaban J connectivity index is 2.19. The van der Waals surface area contributed by atoms with E-state index in [4.69, 9.17) is 5.73 Å². The van der Waals surface area contributed by atoms with E-state index in [1.807, 2.05) is 0 Å². The zero-order chi connectivity index (χ0) is 9.84. The lowest BCUT2D eigenvalue weighted by molar-refractivity contribution is 0.0858. The summed E-state index contributed by atoms with van der Waals surface area (Å²) < 4.78 is 0. The van der Waals surface area contributed by atoms with Crippen LogP contribution in [0.2, 0.25) is 0 Å². The Bertz CT molecular complexity index is 143. The molecule has 2 nitrogen and oxygen atoms in total. The van der Waals surface area contributed by atoms with E-state index in [0.717, 1.165) is 24.4 Å². The topological polar surface area (TPSA) is 29.3 Å². The zero-order valence-corrected chi connectivity index (χ0v) is 9.29. The molecular weight excluding hydrogens is 160 g/mol. The van der Waals surface area contributed by atoms with Crippen molar-refractivity contribution in [2.45, 2.75) is 39.2 Å². The van der Waals surface area contributed by atoms with Gasteiger partial charge < -0.3 is 10.6 Å². The van der Waals surface area contributed by atoms with E-state index in [9.17, 15) is 0 Å². The number of rotatable bonds is 5. The van der Waals surface area contributed by atoms with Crippen molar-refractivity contribution in [2.24, 2.45) is 17.6 Å². The first kappa shape index (κ1) is 11.0. The fraction of sp³-hybridized carbons (Fsp3) is 1.00. The third-order valence-electron chi connectivity index (χ3n) is 3.31. The normalized spacial score (nSPS) is 28.2. The molecule has 0 aromatic carbocycles. The molecule has 1 aliphatic rings. The lowest BCUT2D eigenvalue weighted by Crippen LogP contribution is -2.48. The van der Waals surface area contributed by atoms with Gasteiger partial charge in [-0.1, -0.05) is 13.8 Å². The highest BCUT2D eigenvalue weighted by atomic mass is 15.1. The Morgan fingerprint density at radius 3 is 2.46 bits per heavy atom. The molecule has 0 bridgehead atoms. The highest BCUT2D eigenvalue weighted by Gasteiger charge is 2.32. The molecule has 0 heterocycles. The molecule has 0 saturated heterocycles. The van der Waals surface area contributed by atoms with Crippen LogP contribution in [0.1, 0.15) is 33.1 Å². The summed E-state index contributed by atoms with van der Waals surface area (Å²) in [6.07, 6.45) is 4.01. The largest absolute Gasteiger partial charge is 0.330 e. The lowest BCUT2D eigenvalue weighted by Gasteiger charge is -2.42. The van der Waals surface area contributed by atoms with Crippen LogP contribution in [0.3, 0.4) is 0 Å². The van der Waals surface area contributed by atoms with Gasteiger partial charge in [-0.05, 0) is 51.2 Å². The Morgan fingerprint density at radius 1 is 1.38 bits per heavy atom. The Kier molecular flexibility index (Phi) is 4.20. The molecule has 1 aliphatic carbocycles. The minimum absolute atomic E-state index is 0.775. The molecule has 13 heavy (non-hydrogen) atoms. The summed E-state index contributed by atoms with van der Waals surface area (Å²) in [6, 6.07) is 0.781. The average molecular weight is 184 g/mol. The van der Waals surface area contributed by atoms with Gasteiger partial charge in [-0.3, -0.25) is 0 Å². The number of hydrogen-bond acceptors (Lipinski definition) is 2. The highest BCUT2D eigenvalue weighted by molar-refractivity contribution is 4.88. The van der Waals surface area contributed by atoms with Crippen LogP contribution < -0.4 is 5.73 Å². The molecule has 2 atom stereocenters. The fourth-order valence-corrected chi connectivity index (χ4v) is 2.03. The first-order valence-electron chi connectivity index (χ1n) is 5.55. The molecule has 78 valence electrons. The van der Waals surface area contributed by atoms with Crippen molar-refractivity contribution in [3.63, 3.8) is 0 Å². The summed E-state index contributed by atoms with van der Waals surface area (Å²) in [7, 11) is 2.24. The molecule has 2 N–H and O–H groups in total. The van der Waals surface area contributed by atoms with Crippen LogP contribution in [0.4, 0.5) is 0 Å². The van der Waals surface area contributed by atoms with Crippen LogP contribution in [-0.2, 0) is 0 Å². The minimum atomic E-state index is 0.775. The summed E-state index contributed by atoms with van der Waals surface area (Å²) in [5, 5.41) is 0. The van der Waals surface area contributed by atoms with Crippen LogP contribution in [0.25, 0.3) is 0 Å².